The zero-order valence-electron chi connectivity index (χ0n) is 15.1. The van der Waals surface area contributed by atoms with Crippen molar-refractivity contribution in [3.05, 3.63) is 22.7 Å². The van der Waals surface area contributed by atoms with Crippen LogP contribution in [0, 0.1) is 0 Å². The van der Waals surface area contributed by atoms with E-state index in [1.54, 1.807) is 0 Å². The van der Waals surface area contributed by atoms with Gasteiger partial charge in [0.2, 0.25) is 18.2 Å². The Bertz CT molecular complexity index is 807. The van der Waals surface area contributed by atoms with Crippen LogP contribution in [0.25, 0.3) is 0 Å². The Labute approximate surface area is 156 Å². The van der Waals surface area contributed by atoms with Crippen LogP contribution in [0.2, 0.25) is 0 Å². The SMILES string of the molecule is CC(C)(C)OC(=O)O[C@@H]1[C@@H](CO)O[C@@H](n2ccc(OC(N)=O)nc2=O)C1(F)F. The lowest BCUT2D eigenvalue weighted by atomic mass is 10.1. The van der Waals surface area contributed by atoms with Gasteiger partial charge in [-0.3, -0.25) is 4.57 Å². The van der Waals surface area contributed by atoms with Gasteiger partial charge in [-0.25, -0.2) is 14.4 Å². The molecular weight excluding hydrogens is 388 g/mol. The first-order valence-corrected chi connectivity index (χ1v) is 7.95. The fourth-order valence-electron chi connectivity index (χ4n) is 2.37. The van der Waals surface area contributed by atoms with Gasteiger partial charge in [0.15, 0.2) is 0 Å². The third kappa shape index (κ3) is 4.72. The minimum Gasteiger partial charge on any atom is -0.429 e. The fraction of sp³-hybridized carbons (Fsp3) is 0.600. The molecule has 1 aliphatic heterocycles. The molecule has 28 heavy (non-hydrogen) atoms. The number of nitrogens with two attached hydrogens (primary N) is 1. The minimum atomic E-state index is -3.93. The summed E-state index contributed by atoms with van der Waals surface area (Å²) in [5.74, 6) is -4.43. The number of nitrogens with zero attached hydrogens (tertiary/aromatic N) is 2. The molecule has 1 aromatic rings. The van der Waals surface area contributed by atoms with Gasteiger partial charge in [-0.1, -0.05) is 0 Å². The molecular formula is C15H19F2N3O8. The van der Waals surface area contributed by atoms with Gasteiger partial charge in [0.1, 0.15) is 11.7 Å². The summed E-state index contributed by atoms with van der Waals surface area (Å²) in [5, 5.41) is 9.33. The van der Waals surface area contributed by atoms with Crippen LogP contribution >= 0.6 is 0 Å². The lowest BCUT2D eigenvalue weighted by Gasteiger charge is -2.25. The Morgan fingerprint density at radius 3 is 2.57 bits per heavy atom. The van der Waals surface area contributed by atoms with Crippen molar-refractivity contribution in [3.63, 3.8) is 0 Å². The van der Waals surface area contributed by atoms with Crippen molar-refractivity contribution < 1.29 is 42.4 Å². The summed E-state index contributed by atoms with van der Waals surface area (Å²) >= 11 is 0. The zero-order valence-corrected chi connectivity index (χ0v) is 15.1. The van der Waals surface area contributed by atoms with E-state index in [-0.39, 0.29) is 0 Å². The Kier molecular flexibility index (Phi) is 5.89. The first-order valence-electron chi connectivity index (χ1n) is 7.95. The predicted molar refractivity (Wildman–Crippen MR) is 85.8 cm³/mol. The average molecular weight is 407 g/mol. The molecule has 0 unspecified atom stereocenters. The highest BCUT2D eigenvalue weighted by Gasteiger charge is 2.62. The number of alkyl halides is 2. The van der Waals surface area contributed by atoms with E-state index in [9.17, 15) is 28.3 Å². The number of carbonyl (C=O) groups excluding carboxylic acids is 2. The third-order valence-corrected chi connectivity index (χ3v) is 3.40. The number of aliphatic hydroxyl groups is 1. The van der Waals surface area contributed by atoms with Crippen molar-refractivity contribution in [3.8, 4) is 5.88 Å². The summed E-state index contributed by atoms with van der Waals surface area (Å²) in [6.45, 7) is 3.59. The maximum Gasteiger partial charge on any atom is 0.509 e. The number of ether oxygens (including phenoxy) is 4. The van der Waals surface area contributed by atoms with Crippen molar-refractivity contribution in [2.75, 3.05) is 6.61 Å². The molecule has 1 aromatic heterocycles. The third-order valence-electron chi connectivity index (χ3n) is 3.40. The number of halogens is 2. The highest BCUT2D eigenvalue weighted by atomic mass is 19.3. The van der Waals surface area contributed by atoms with Gasteiger partial charge < -0.3 is 29.8 Å². The van der Waals surface area contributed by atoms with E-state index in [0.29, 0.717) is 4.57 Å². The first kappa shape index (κ1) is 21.5. The topological polar surface area (TPSA) is 152 Å². The van der Waals surface area contributed by atoms with E-state index in [4.69, 9.17) is 15.2 Å². The van der Waals surface area contributed by atoms with Crippen LogP contribution in [-0.4, -0.2) is 57.2 Å². The van der Waals surface area contributed by atoms with E-state index < -0.39 is 60.4 Å². The molecule has 0 radical (unpaired) electrons. The van der Waals surface area contributed by atoms with Crippen LogP contribution in [-0.2, 0) is 14.2 Å². The van der Waals surface area contributed by atoms with Gasteiger partial charge in [-0.2, -0.15) is 13.8 Å². The second kappa shape index (κ2) is 7.67. The molecule has 1 fully saturated rings. The molecule has 1 saturated heterocycles. The van der Waals surface area contributed by atoms with Crippen molar-refractivity contribution in [2.24, 2.45) is 5.73 Å². The summed E-state index contributed by atoms with van der Waals surface area (Å²) < 4.78 is 48.9. The molecule has 3 atom stereocenters. The molecule has 0 aromatic carbocycles. The van der Waals surface area contributed by atoms with E-state index in [1.807, 2.05) is 0 Å². The number of primary amides is 1. The number of carbonyl (C=O) groups is 2. The van der Waals surface area contributed by atoms with Crippen molar-refractivity contribution >= 4 is 12.2 Å². The molecule has 0 aliphatic carbocycles. The summed E-state index contributed by atoms with van der Waals surface area (Å²) in [6.07, 6.45) is -7.93. The van der Waals surface area contributed by atoms with E-state index >= 15 is 0 Å². The molecule has 1 aliphatic rings. The van der Waals surface area contributed by atoms with E-state index in [2.05, 4.69) is 14.5 Å². The molecule has 2 rings (SSSR count). The van der Waals surface area contributed by atoms with Gasteiger partial charge in [0, 0.05) is 12.3 Å². The lowest BCUT2D eigenvalue weighted by Crippen LogP contribution is -2.45. The number of rotatable bonds is 4. The van der Waals surface area contributed by atoms with Crippen molar-refractivity contribution in [2.45, 2.75) is 50.7 Å². The van der Waals surface area contributed by atoms with Gasteiger partial charge in [-0.05, 0) is 20.8 Å². The molecule has 0 saturated carbocycles. The van der Waals surface area contributed by atoms with Gasteiger partial charge in [-0.15, -0.1) is 0 Å². The monoisotopic (exact) mass is 407 g/mol. The maximum atomic E-state index is 14.8. The predicted octanol–water partition coefficient (Wildman–Crippen LogP) is 0.546. The van der Waals surface area contributed by atoms with Crippen LogP contribution in [0.5, 0.6) is 5.88 Å². The molecule has 156 valence electrons. The highest BCUT2D eigenvalue weighted by Crippen LogP contribution is 2.44. The fourth-order valence-corrected chi connectivity index (χ4v) is 2.37. The molecule has 0 bridgehead atoms. The van der Waals surface area contributed by atoms with Crippen LogP contribution in [0.15, 0.2) is 17.1 Å². The standard InChI is InChI=1S/C15H19F2N3O8/c1-14(2,3)28-13(24)27-9-7(6-21)25-10(15(9,16)17)20-5-4-8(19-12(20)23)26-11(18)22/h4-5,7,9-10,21H,6H2,1-3H3,(H2,18,22)/t7-,9-,10-/m1/s1. The first-order chi connectivity index (χ1) is 12.8. The Morgan fingerprint density at radius 2 is 2.07 bits per heavy atom. The van der Waals surface area contributed by atoms with Gasteiger partial charge in [0.25, 0.3) is 0 Å². The van der Waals surface area contributed by atoms with E-state index in [0.717, 1.165) is 12.3 Å². The number of hydrogen-bond acceptors (Lipinski definition) is 9. The zero-order chi connectivity index (χ0) is 21.3. The molecule has 1 amide bonds. The summed E-state index contributed by atoms with van der Waals surface area (Å²) in [6, 6.07) is 0.932. The van der Waals surface area contributed by atoms with Crippen LogP contribution in [0.3, 0.4) is 0 Å². The largest absolute Gasteiger partial charge is 0.509 e. The Balaban J connectivity index is 2.29. The molecule has 2 heterocycles. The van der Waals surface area contributed by atoms with Gasteiger partial charge in [0.05, 0.1) is 6.61 Å². The van der Waals surface area contributed by atoms with Crippen molar-refractivity contribution in [1.29, 1.82) is 0 Å². The Hall–Kier alpha value is -2.80. The second-order valence-electron chi connectivity index (χ2n) is 6.76. The molecule has 11 nitrogen and oxygen atoms in total. The van der Waals surface area contributed by atoms with E-state index in [1.165, 1.54) is 20.8 Å². The van der Waals surface area contributed by atoms with Crippen LogP contribution in [0.1, 0.15) is 27.0 Å². The Morgan fingerprint density at radius 1 is 1.43 bits per heavy atom. The average Bonchev–Trinajstić information content (AvgIpc) is 2.76. The smallest absolute Gasteiger partial charge is 0.429 e. The van der Waals surface area contributed by atoms with Crippen LogP contribution < -0.4 is 16.2 Å². The molecule has 0 spiro atoms. The number of aromatic nitrogens is 2. The van der Waals surface area contributed by atoms with Crippen LogP contribution in [0.4, 0.5) is 18.4 Å². The summed E-state index contributed by atoms with van der Waals surface area (Å²) in [5.41, 5.74) is 2.52. The van der Waals surface area contributed by atoms with Gasteiger partial charge >= 0.3 is 23.9 Å². The lowest BCUT2D eigenvalue weighted by molar-refractivity contribution is -0.149. The molecule has 3 N–H and O–H groups in total. The quantitative estimate of drug-likeness (QED) is 0.681. The number of aliphatic hydroxyl groups excluding tert-OH is 1. The molecule has 13 heteroatoms. The normalized spacial score (nSPS) is 23.9. The second-order valence-corrected chi connectivity index (χ2v) is 6.76. The summed E-state index contributed by atoms with van der Waals surface area (Å²) in [4.78, 5) is 37.7. The summed E-state index contributed by atoms with van der Waals surface area (Å²) in [7, 11) is 0. The highest BCUT2D eigenvalue weighted by molar-refractivity contribution is 5.67. The van der Waals surface area contributed by atoms with Crippen molar-refractivity contribution in [1.82, 2.24) is 9.55 Å². The number of amides is 1. The minimum absolute atomic E-state index is 0.398. The maximum absolute atomic E-state index is 14.8. The number of hydrogen-bond donors (Lipinski definition) is 2.